The van der Waals surface area contributed by atoms with Crippen LogP contribution in [0.5, 0.6) is 0 Å². The van der Waals surface area contributed by atoms with Crippen molar-refractivity contribution in [2.45, 2.75) is 25.3 Å². The Kier molecular flexibility index (Phi) is 2.37. The van der Waals surface area contributed by atoms with E-state index in [9.17, 15) is 0 Å². The van der Waals surface area contributed by atoms with E-state index in [0.717, 1.165) is 17.9 Å². The molecule has 12 heavy (non-hydrogen) atoms. The highest BCUT2D eigenvalue weighted by molar-refractivity contribution is 4.90. The van der Waals surface area contributed by atoms with Crippen molar-refractivity contribution in [2.24, 2.45) is 11.8 Å². The number of fused-ring (bicyclic) bond motifs is 1. The maximum absolute atomic E-state index is 3.50. The van der Waals surface area contributed by atoms with E-state index in [1.165, 1.54) is 32.4 Å². The summed E-state index contributed by atoms with van der Waals surface area (Å²) >= 11 is 0. The zero-order valence-electron chi connectivity index (χ0n) is 8.21. The third-order valence-electron chi connectivity index (χ3n) is 3.65. The Bertz CT molecular complexity index is 142. The van der Waals surface area contributed by atoms with Gasteiger partial charge in [-0.15, -0.1) is 0 Å². The Labute approximate surface area is 75.3 Å². The molecule has 1 N–H and O–H groups in total. The maximum Gasteiger partial charge on any atom is 0.00951 e. The number of rotatable bonds is 1. The smallest absolute Gasteiger partial charge is 0.00951 e. The van der Waals surface area contributed by atoms with Crippen LogP contribution in [0.2, 0.25) is 0 Å². The lowest BCUT2D eigenvalue weighted by atomic mass is 9.90. The summed E-state index contributed by atoms with van der Waals surface area (Å²) in [6.45, 7) is 2.52. The molecule has 0 aromatic heterocycles. The Hall–Kier alpha value is -0.0800. The number of nitrogens with zero attached hydrogens (tertiary/aromatic N) is 1. The van der Waals surface area contributed by atoms with Crippen molar-refractivity contribution in [1.82, 2.24) is 10.2 Å². The van der Waals surface area contributed by atoms with E-state index >= 15 is 0 Å². The van der Waals surface area contributed by atoms with Gasteiger partial charge in [-0.05, 0) is 58.3 Å². The van der Waals surface area contributed by atoms with Crippen LogP contribution < -0.4 is 5.32 Å². The lowest BCUT2D eigenvalue weighted by molar-refractivity contribution is 0.289. The fourth-order valence-electron chi connectivity index (χ4n) is 2.78. The fraction of sp³-hybridized carbons (Fsp3) is 1.00. The highest BCUT2D eigenvalue weighted by atomic mass is 15.1. The van der Waals surface area contributed by atoms with E-state index in [2.05, 4.69) is 24.3 Å². The summed E-state index contributed by atoms with van der Waals surface area (Å²) < 4.78 is 0. The van der Waals surface area contributed by atoms with Crippen molar-refractivity contribution in [3.63, 3.8) is 0 Å². The van der Waals surface area contributed by atoms with E-state index in [4.69, 9.17) is 0 Å². The first-order valence-electron chi connectivity index (χ1n) is 5.14. The number of nitrogens with one attached hydrogen (secondary N) is 1. The van der Waals surface area contributed by atoms with Gasteiger partial charge in [0.25, 0.3) is 0 Å². The molecule has 2 rings (SSSR count). The van der Waals surface area contributed by atoms with E-state index < -0.39 is 0 Å². The van der Waals surface area contributed by atoms with Gasteiger partial charge >= 0.3 is 0 Å². The molecule has 0 spiro atoms. The van der Waals surface area contributed by atoms with E-state index in [-0.39, 0.29) is 0 Å². The van der Waals surface area contributed by atoms with Crippen molar-refractivity contribution < 1.29 is 0 Å². The summed E-state index contributed by atoms with van der Waals surface area (Å²) in [5, 5.41) is 3.50. The molecule has 0 amide bonds. The first-order chi connectivity index (χ1) is 5.77. The molecule has 70 valence electrons. The highest BCUT2D eigenvalue weighted by Crippen LogP contribution is 2.37. The topological polar surface area (TPSA) is 15.3 Å². The maximum atomic E-state index is 3.50. The second-order valence-corrected chi connectivity index (χ2v) is 4.60. The molecule has 2 heteroatoms. The zero-order chi connectivity index (χ0) is 8.55. The second kappa shape index (κ2) is 3.35. The van der Waals surface area contributed by atoms with Crippen LogP contribution in [-0.4, -0.2) is 38.1 Å². The normalized spacial score (nSPS) is 41.8. The Morgan fingerprint density at radius 3 is 2.58 bits per heavy atom. The molecule has 1 aliphatic carbocycles. The molecule has 0 radical (unpaired) electrons. The van der Waals surface area contributed by atoms with Gasteiger partial charge in [0.1, 0.15) is 0 Å². The summed E-state index contributed by atoms with van der Waals surface area (Å²) in [6.07, 6.45) is 4.28. The first kappa shape index (κ1) is 8.52. The third-order valence-corrected chi connectivity index (χ3v) is 3.65. The molecule has 2 aliphatic rings. The molecule has 0 aromatic carbocycles. The average Bonchev–Trinajstić information content (AvgIpc) is 2.46. The summed E-state index contributed by atoms with van der Waals surface area (Å²) in [5.74, 6) is 2.00. The summed E-state index contributed by atoms with van der Waals surface area (Å²) in [6, 6.07) is 0.861. The summed E-state index contributed by atoms with van der Waals surface area (Å²) in [5.41, 5.74) is 0. The predicted octanol–water partition coefficient (Wildman–Crippen LogP) is 0.936. The van der Waals surface area contributed by atoms with Crippen LogP contribution in [0, 0.1) is 11.8 Å². The summed E-state index contributed by atoms with van der Waals surface area (Å²) in [7, 11) is 4.44. The Morgan fingerprint density at radius 2 is 1.92 bits per heavy atom. The van der Waals surface area contributed by atoms with E-state index in [0.29, 0.717) is 0 Å². The van der Waals surface area contributed by atoms with Crippen LogP contribution in [0.1, 0.15) is 19.3 Å². The van der Waals surface area contributed by atoms with Crippen LogP contribution in [0.3, 0.4) is 0 Å². The first-order valence-corrected chi connectivity index (χ1v) is 5.14. The molecular formula is C10H20N2. The van der Waals surface area contributed by atoms with Crippen molar-refractivity contribution in [1.29, 1.82) is 0 Å². The molecule has 3 unspecified atom stereocenters. The SMILES string of the molecule is CN(C)C1CC2CCNCC2C1. The molecule has 1 aliphatic heterocycles. The lowest BCUT2D eigenvalue weighted by Crippen LogP contribution is -2.33. The minimum Gasteiger partial charge on any atom is -0.316 e. The quantitative estimate of drug-likeness (QED) is 0.627. The monoisotopic (exact) mass is 168 g/mol. The van der Waals surface area contributed by atoms with Crippen LogP contribution in [-0.2, 0) is 0 Å². The minimum absolute atomic E-state index is 0.861. The van der Waals surface area contributed by atoms with Crippen molar-refractivity contribution in [3.05, 3.63) is 0 Å². The minimum atomic E-state index is 0.861. The molecule has 1 heterocycles. The van der Waals surface area contributed by atoms with Crippen LogP contribution in [0.15, 0.2) is 0 Å². The van der Waals surface area contributed by atoms with Crippen molar-refractivity contribution in [2.75, 3.05) is 27.2 Å². The lowest BCUT2D eigenvalue weighted by Gasteiger charge is -2.25. The molecule has 2 nitrogen and oxygen atoms in total. The van der Waals surface area contributed by atoms with Gasteiger partial charge in [-0.1, -0.05) is 0 Å². The Morgan fingerprint density at radius 1 is 1.17 bits per heavy atom. The van der Waals surface area contributed by atoms with Gasteiger partial charge in [0.05, 0.1) is 0 Å². The van der Waals surface area contributed by atoms with Gasteiger partial charge in [-0.3, -0.25) is 0 Å². The van der Waals surface area contributed by atoms with Crippen LogP contribution in [0.25, 0.3) is 0 Å². The third kappa shape index (κ3) is 1.50. The van der Waals surface area contributed by atoms with Gasteiger partial charge in [-0.2, -0.15) is 0 Å². The largest absolute Gasteiger partial charge is 0.316 e. The molecule has 0 bridgehead atoms. The van der Waals surface area contributed by atoms with E-state index in [1.54, 1.807) is 0 Å². The van der Waals surface area contributed by atoms with Crippen LogP contribution >= 0.6 is 0 Å². The molecule has 3 atom stereocenters. The van der Waals surface area contributed by atoms with E-state index in [1.807, 2.05) is 0 Å². The number of hydrogen-bond donors (Lipinski definition) is 1. The second-order valence-electron chi connectivity index (χ2n) is 4.60. The van der Waals surface area contributed by atoms with Gasteiger partial charge < -0.3 is 10.2 Å². The van der Waals surface area contributed by atoms with Gasteiger partial charge in [0.15, 0.2) is 0 Å². The molecule has 1 saturated carbocycles. The van der Waals surface area contributed by atoms with Gasteiger partial charge in [0, 0.05) is 6.04 Å². The zero-order valence-corrected chi connectivity index (χ0v) is 8.21. The van der Waals surface area contributed by atoms with Crippen molar-refractivity contribution >= 4 is 0 Å². The highest BCUT2D eigenvalue weighted by Gasteiger charge is 2.36. The average molecular weight is 168 g/mol. The van der Waals surface area contributed by atoms with Crippen LogP contribution in [0.4, 0.5) is 0 Å². The Balaban J connectivity index is 1.94. The van der Waals surface area contributed by atoms with Gasteiger partial charge in [-0.25, -0.2) is 0 Å². The molecular weight excluding hydrogens is 148 g/mol. The molecule has 0 aromatic rings. The number of hydrogen-bond acceptors (Lipinski definition) is 2. The number of piperidine rings is 1. The predicted molar refractivity (Wildman–Crippen MR) is 51.2 cm³/mol. The summed E-state index contributed by atoms with van der Waals surface area (Å²) in [4.78, 5) is 2.40. The molecule has 1 saturated heterocycles. The van der Waals surface area contributed by atoms with Gasteiger partial charge in [0.2, 0.25) is 0 Å². The molecule has 2 fully saturated rings. The van der Waals surface area contributed by atoms with Crippen molar-refractivity contribution in [3.8, 4) is 0 Å². The standard InChI is InChI=1S/C10H20N2/c1-12(2)10-5-8-3-4-11-7-9(8)6-10/h8-11H,3-7H2,1-2H3. The fourth-order valence-corrected chi connectivity index (χ4v) is 2.78.